The first-order chi connectivity index (χ1) is 11.5. The Morgan fingerprint density at radius 3 is 2.42 bits per heavy atom. The van der Waals surface area contributed by atoms with Crippen molar-refractivity contribution in [3.8, 4) is 11.5 Å². The topological polar surface area (TPSA) is 50.8 Å². The van der Waals surface area contributed by atoms with E-state index in [0.717, 1.165) is 5.75 Å². The van der Waals surface area contributed by atoms with Crippen LogP contribution >= 0.6 is 11.3 Å². The third-order valence-corrected chi connectivity index (χ3v) is 4.46. The highest BCUT2D eigenvalue weighted by Gasteiger charge is 2.19. The summed E-state index contributed by atoms with van der Waals surface area (Å²) in [5.41, 5.74) is 1.20. The van der Waals surface area contributed by atoms with E-state index >= 15 is 0 Å². The average molecular weight is 348 g/mol. The molecule has 1 amide bonds. The van der Waals surface area contributed by atoms with Gasteiger partial charge in [-0.3, -0.25) is 4.79 Å². The van der Waals surface area contributed by atoms with Crippen LogP contribution in [0.3, 0.4) is 0 Å². The number of thiophene rings is 1. The van der Waals surface area contributed by atoms with Crippen molar-refractivity contribution in [1.29, 1.82) is 0 Å². The molecule has 2 atom stereocenters. The predicted molar refractivity (Wildman–Crippen MR) is 96.8 cm³/mol. The summed E-state index contributed by atoms with van der Waals surface area (Å²) in [4.78, 5) is 14.4. The van der Waals surface area contributed by atoms with Gasteiger partial charge in [0.1, 0.15) is 11.5 Å². The SMILES string of the molecule is COc1ccc(O[C@@H](C)C(=O)NC[C@@H](c2ccsc2)N(C)C)cc1. The lowest BCUT2D eigenvalue weighted by Crippen LogP contribution is -2.40. The molecule has 6 heteroatoms. The number of likely N-dealkylation sites (N-methyl/N-ethyl adjacent to an activating group) is 1. The minimum absolute atomic E-state index is 0.132. The molecule has 0 radical (unpaired) electrons. The molecule has 24 heavy (non-hydrogen) atoms. The molecule has 2 aromatic rings. The molecule has 0 saturated carbocycles. The van der Waals surface area contributed by atoms with Crippen molar-refractivity contribution in [2.45, 2.75) is 19.1 Å². The number of ether oxygens (including phenoxy) is 2. The van der Waals surface area contributed by atoms with Crippen LogP contribution in [0.1, 0.15) is 18.5 Å². The Hall–Kier alpha value is -2.05. The van der Waals surface area contributed by atoms with Crippen molar-refractivity contribution in [3.63, 3.8) is 0 Å². The third-order valence-electron chi connectivity index (χ3n) is 3.76. The number of hydrogen-bond donors (Lipinski definition) is 1. The fourth-order valence-corrected chi connectivity index (χ4v) is 3.02. The largest absolute Gasteiger partial charge is 0.497 e. The molecule has 0 aliphatic rings. The number of carbonyl (C=O) groups excluding carboxylic acids is 1. The lowest BCUT2D eigenvalue weighted by molar-refractivity contribution is -0.127. The molecule has 1 aromatic heterocycles. The zero-order chi connectivity index (χ0) is 17.5. The van der Waals surface area contributed by atoms with Crippen LogP contribution in [0.4, 0.5) is 0 Å². The van der Waals surface area contributed by atoms with Crippen LogP contribution in [0.25, 0.3) is 0 Å². The second kappa shape index (κ2) is 8.70. The number of benzene rings is 1. The standard InChI is InChI=1S/C18H24N2O3S/c1-13(23-16-7-5-15(22-4)6-8-16)18(21)19-11-17(20(2)3)14-9-10-24-12-14/h5-10,12-13,17H,11H2,1-4H3,(H,19,21)/t13-,17-/m0/s1. The van der Waals surface area contributed by atoms with E-state index in [0.29, 0.717) is 12.3 Å². The summed E-state index contributed by atoms with van der Waals surface area (Å²) < 4.78 is 10.8. The van der Waals surface area contributed by atoms with E-state index in [1.54, 1.807) is 49.6 Å². The Kier molecular flexibility index (Phi) is 6.63. The second-order valence-electron chi connectivity index (χ2n) is 5.72. The van der Waals surface area contributed by atoms with Crippen molar-refractivity contribution in [1.82, 2.24) is 10.2 Å². The number of rotatable bonds is 8. The molecular formula is C18H24N2O3S. The van der Waals surface area contributed by atoms with E-state index < -0.39 is 6.10 Å². The molecule has 1 N–H and O–H groups in total. The van der Waals surface area contributed by atoms with Gasteiger partial charge in [0.2, 0.25) is 0 Å². The zero-order valence-electron chi connectivity index (χ0n) is 14.5. The molecule has 0 spiro atoms. The molecule has 1 aromatic carbocycles. The fourth-order valence-electron chi connectivity index (χ4n) is 2.32. The maximum Gasteiger partial charge on any atom is 0.260 e. The zero-order valence-corrected chi connectivity index (χ0v) is 15.3. The van der Waals surface area contributed by atoms with E-state index in [9.17, 15) is 4.79 Å². The van der Waals surface area contributed by atoms with Gasteiger partial charge in [0.25, 0.3) is 5.91 Å². The number of nitrogens with zero attached hydrogens (tertiary/aromatic N) is 1. The van der Waals surface area contributed by atoms with Gasteiger partial charge in [-0.15, -0.1) is 0 Å². The fraction of sp³-hybridized carbons (Fsp3) is 0.389. The molecule has 0 aliphatic heterocycles. The minimum atomic E-state index is -0.566. The summed E-state index contributed by atoms with van der Waals surface area (Å²) in [5.74, 6) is 1.26. The van der Waals surface area contributed by atoms with Crippen molar-refractivity contribution < 1.29 is 14.3 Å². The Morgan fingerprint density at radius 2 is 1.88 bits per heavy atom. The first kappa shape index (κ1) is 18.3. The Bertz CT molecular complexity index is 626. The molecule has 0 saturated heterocycles. The van der Waals surface area contributed by atoms with Gasteiger partial charge in [0.05, 0.1) is 13.2 Å². The molecule has 0 aliphatic carbocycles. The Balaban J connectivity index is 1.88. The molecule has 0 fully saturated rings. The first-order valence-electron chi connectivity index (χ1n) is 7.78. The summed E-state index contributed by atoms with van der Waals surface area (Å²) in [6.07, 6.45) is -0.566. The van der Waals surface area contributed by atoms with E-state index in [-0.39, 0.29) is 11.9 Å². The van der Waals surface area contributed by atoms with E-state index in [1.807, 2.05) is 19.5 Å². The molecule has 1 heterocycles. The van der Waals surface area contributed by atoms with Gasteiger partial charge in [0.15, 0.2) is 6.10 Å². The van der Waals surface area contributed by atoms with Crippen LogP contribution < -0.4 is 14.8 Å². The van der Waals surface area contributed by atoms with Crippen molar-refractivity contribution in [3.05, 3.63) is 46.7 Å². The second-order valence-corrected chi connectivity index (χ2v) is 6.50. The predicted octanol–water partition coefficient (Wildman–Crippen LogP) is 2.94. The summed E-state index contributed by atoms with van der Waals surface area (Å²) in [6.45, 7) is 2.29. The van der Waals surface area contributed by atoms with Gasteiger partial charge in [-0.25, -0.2) is 0 Å². The minimum Gasteiger partial charge on any atom is -0.497 e. The normalized spacial score (nSPS) is 13.4. The van der Waals surface area contributed by atoms with E-state index in [2.05, 4.69) is 21.7 Å². The highest BCUT2D eigenvalue weighted by molar-refractivity contribution is 7.07. The lowest BCUT2D eigenvalue weighted by Gasteiger charge is -2.25. The quantitative estimate of drug-likeness (QED) is 0.797. The number of carbonyl (C=O) groups is 1. The van der Waals surface area contributed by atoms with Crippen LogP contribution in [0.2, 0.25) is 0 Å². The van der Waals surface area contributed by atoms with Crippen molar-refractivity contribution >= 4 is 17.2 Å². The maximum atomic E-state index is 12.3. The third kappa shape index (κ3) is 4.97. The van der Waals surface area contributed by atoms with Crippen molar-refractivity contribution in [2.75, 3.05) is 27.7 Å². The number of hydrogen-bond acceptors (Lipinski definition) is 5. The van der Waals surface area contributed by atoms with Gasteiger partial charge in [-0.05, 0) is 67.7 Å². The van der Waals surface area contributed by atoms with Gasteiger partial charge < -0.3 is 19.7 Å². The van der Waals surface area contributed by atoms with Crippen LogP contribution in [-0.4, -0.2) is 44.7 Å². The van der Waals surface area contributed by atoms with Gasteiger partial charge in [-0.1, -0.05) is 0 Å². The maximum absolute atomic E-state index is 12.3. The molecule has 5 nitrogen and oxygen atoms in total. The van der Waals surface area contributed by atoms with Crippen LogP contribution in [-0.2, 0) is 4.79 Å². The van der Waals surface area contributed by atoms with E-state index in [1.165, 1.54) is 5.56 Å². The molecular weight excluding hydrogens is 324 g/mol. The summed E-state index contributed by atoms with van der Waals surface area (Å²) in [6, 6.07) is 9.41. The number of methoxy groups -OCH3 is 1. The number of nitrogens with one attached hydrogen (secondary N) is 1. The molecule has 0 unspecified atom stereocenters. The molecule has 130 valence electrons. The Labute approximate surface area is 147 Å². The summed E-state index contributed by atoms with van der Waals surface area (Å²) in [5, 5.41) is 7.12. The summed E-state index contributed by atoms with van der Waals surface area (Å²) >= 11 is 1.66. The highest BCUT2D eigenvalue weighted by atomic mass is 32.1. The van der Waals surface area contributed by atoms with Gasteiger partial charge in [-0.2, -0.15) is 11.3 Å². The number of amides is 1. The van der Waals surface area contributed by atoms with Crippen LogP contribution in [0.5, 0.6) is 11.5 Å². The molecule has 2 rings (SSSR count). The lowest BCUT2D eigenvalue weighted by atomic mass is 10.1. The van der Waals surface area contributed by atoms with E-state index in [4.69, 9.17) is 9.47 Å². The Morgan fingerprint density at radius 1 is 1.21 bits per heavy atom. The average Bonchev–Trinajstić information content (AvgIpc) is 3.09. The van der Waals surface area contributed by atoms with Gasteiger partial charge in [0, 0.05) is 6.54 Å². The summed E-state index contributed by atoms with van der Waals surface area (Å²) in [7, 11) is 5.62. The van der Waals surface area contributed by atoms with Gasteiger partial charge >= 0.3 is 0 Å². The highest BCUT2D eigenvalue weighted by Crippen LogP contribution is 2.20. The smallest absolute Gasteiger partial charge is 0.260 e. The van der Waals surface area contributed by atoms with Crippen LogP contribution in [0.15, 0.2) is 41.1 Å². The monoisotopic (exact) mass is 348 g/mol. The first-order valence-corrected chi connectivity index (χ1v) is 8.72. The van der Waals surface area contributed by atoms with Crippen molar-refractivity contribution in [2.24, 2.45) is 0 Å². The molecule has 0 bridgehead atoms. The van der Waals surface area contributed by atoms with Crippen LogP contribution in [0, 0.1) is 0 Å².